The van der Waals surface area contributed by atoms with E-state index in [1.54, 1.807) is 0 Å². The average Bonchev–Trinajstić information content (AvgIpc) is 3.14. The van der Waals surface area contributed by atoms with Gasteiger partial charge in [-0.2, -0.15) is 13.2 Å². The van der Waals surface area contributed by atoms with Gasteiger partial charge in [-0.15, -0.1) is 0 Å². The maximum Gasteiger partial charge on any atom is 0.425 e. The largest absolute Gasteiger partial charge is 0.437 e. The molecule has 8 heteroatoms. The summed E-state index contributed by atoms with van der Waals surface area (Å²) in [5.41, 5.74) is 4.21. The second-order valence-corrected chi connectivity index (χ2v) is 9.41. The molecule has 3 heterocycles. The smallest absolute Gasteiger partial charge is 0.425 e. The van der Waals surface area contributed by atoms with E-state index in [1.165, 1.54) is 28.1 Å². The molecule has 0 saturated carbocycles. The van der Waals surface area contributed by atoms with Crippen LogP contribution < -0.4 is 4.90 Å². The standard InChI is InChI=1S/C24H34F3N3O2/c1-3-28-13-5-9-19-7-4-8-20(21(19)28)17-30-14-6-10-23(30)11-15-29(16-12-23)22(31)32-18(2)24(25,26)27/h4,7-8,18H,3,5-6,9-17H2,1-2H3. The van der Waals surface area contributed by atoms with E-state index in [0.717, 1.165) is 65.2 Å². The number of carbonyl (C=O) groups is 1. The summed E-state index contributed by atoms with van der Waals surface area (Å²) >= 11 is 0. The number of alkyl halides is 3. The van der Waals surface area contributed by atoms with E-state index in [-0.39, 0.29) is 5.54 Å². The molecule has 4 rings (SSSR count). The Hall–Kier alpha value is -1.96. The molecule has 1 unspecified atom stereocenters. The molecule has 0 aromatic heterocycles. The summed E-state index contributed by atoms with van der Waals surface area (Å²) in [6.07, 6.45) is -1.43. The quantitative estimate of drug-likeness (QED) is 0.645. The molecule has 0 N–H and O–H groups in total. The maximum absolute atomic E-state index is 12.7. The number of aryl methyl sites for hydroxylation is 1. The molecule has 178 valence electrons. The van der Waals surface area contributed by atoms with Gasteiger partial charge in [-0.25, -0.2) is 4.79 Å². The van der Waals surface area contributed by atoms with Crippen LogP contribution in [0.25, 0.3) is 0 Å². The molecule has 1 amide bonds. The van der Waals surface area contributed by atoms with Crippen molar-refractivity contribution < 1.29 is 22.7 Å². The monoisotopic (exact) mass is 453 g/mol. The van der Waals surface area contributed by atoms with Crippen LogP contribution in [0, 0.1) is 0 Å². The van der Waals surface area contributed by atoms with Crippen molar-refractivity contribution in [3.8, 4) is 0 Å². The molecule has 0 aliphatic carbocycles. The first-order chi connectivity index (χ1) is 15.2. The Labute approximate surface area is 188 Å². The summed E-state index contributed by atoms with van der Waals surface area (Å²) in [5.74, 6) is 0. The van der Waals surface area contributed by atoms with E-state index >= 15 is 0 Å². The molecule has 0 radical (unpaired) electrons. The first-order valence-electron chi connectivity index (χ1n) is 11.9. The first-order valence-corrected chi connectivity index (χ1v) is 11.9. The van der Waals surface area contributed by atoms with Crippen LogP contribution in [0.15, 0.2) is 18.2 Å². The fourth-order valence-corrected chi connectivity index (χ4v) is 5.68. The number of anilines is 1. The first kappa shape index (κ1) is 23.2. The van der Waals surface area contributed by atoms with Crippen molar-refractivity contribution in [2.75, 3.05) is 37.6 Å². The van der Waals surface area contributed by atoms with Gasteiger partial charge < -0.3 is 14.5 Å². The van der Waals surface area contributed by atoms with Crippen LogP contribution in [0.2, 0.25) is 0 Å². The van der Waals surface area contributed by atoms with Crippen LogP contribution in [0.5, 0.6) is 0 Å². The summed E-state index contributed by atoms with van der Waals surface area (Å²) < 4.78 is 42.9. The minimum atomic E-state index is -4.53. The number of fused-ring (bicyclic) bond motifs is 1. The predicted octanol–water partition coefficient (Wildman–Crippen LogP) is 4.98. The molecule has 1 aromatic rings. The second kappa shape index (κ2) is 9.12. The summed E-state index contributed by atoms with van der Waals surface area (Å²) in [7, 11) is 0. The van der Waals surface area contributed by atoms with Crippen molar-refractivity contribution in [2.24, 2.45) is 0 Å². The fraction of sp³-hybridized carbons (Fsp3) is 0.708. The third-order valence-electron chi connectivity index (χ3n) is 7.57. The van der Waals surface area contributed by atoms with Crippen LogP contribution in [0.3, 0.4) is 0 Å². The van der Waals surface area contributed by atoms with Crippen LogP contribution in [-0.4, -0.2) is 66.4 Å². The highest BCUT2D eigenvalue weighted by molar-refractivity contribution is 5.68. The van der Waals surface area contributed by atoms with E-state index < -0.39 is 18.4 Å². The number of hydrogen-bond acceptors (Lipinski definition) is 4. The molecule has 1 atom stereocenters. The van der Waals surface area contributed by atoms with Gasteiger partial charge >= 0.3 is 12.3 Å². The Morgan fingerprint density at radius 3 is 2.56 bits per heavy atom. The molecule has 5 nitrogen and oxygen atoms in total. The average molecular weight is 454 g/mol. The van der Waals surface area contributed by atoms with Gasteiger partial charge in [-0.1, -0.05) is 18.2 Å². The topological polar surface area (TPSA) is 36.0 Å². The molecule has 3 aliphatic rings. The zero-order valence-corrected chi connectivity index (χ0v) is 19.1. The Bertz CT molecular complexity index is 821. The van der Waals surface area contributed by atoms with Crippen molar-refractivity contribution in [2.45, 2.75) is 76.7 Å². The van der Waals surface area contributed by atoms with Crippen molar-refractivity contribution >= 4 is 11.8 Å². The number of piperidine rings is 1. The van der Waals surface area contributed by atoms with Gasteiger partial charge in [-0.3, -0.25) is 4.90 Å². The number of carbonyl (C=O) groups excluding carboxylic acids is 1. The van der Waals surface area contributed by atoms with Gasteiger partial charge in [-0.05, 0) is 70.0 Å². The SMILES string of the molecule is CCN1CCCc2cccc(CN3CCCC34CCN(C(=O)OC(C)C(F)(F)F)CC4)c21. The number of rotatable bonds is 4. The Balaban J connectivity index is 1.43. The number of hydrogen-bond donors (Lipinski definition) is 0. The van der Waals surface area contributed by atoms with Crippen molar-refractivity contribution in [1.29, 1.82) is 0 Å². The van der Waals surface area contributed by atoms with E-state index in [9.17, 15) is 18.0 Å². The third kappa shape index (κ3) is 4.56. The van der Waals surface area contributed by atoms with Crippen LogP contribution in [-0.2, 0) is 17.7 Å². The normalized spacial score (nSPS) is 22.2. The van der Waals surface area contributed by atoms with E-state index in [4.69, 9.17) is 0 Å². The molecule has 2 fully saturated rings. The van der Waals surface area contributed by atoms with Crippen LogP contribution in [0.1, 0.15) is 57.1 Å². The molecular weight excluding hydrogens is 419 g/mol. The van der Waals surface area contributed by atoms with Gasteiger partial charge in [0, 0.05) is 44.0 Å². The minimum Gasteiger partial charge on any atom is -0.437 e. The summed E-state index contributed by atoms with van der Waals surface area (Å²) in [5, 5.41) is 0. The molecule has 32 heavy (non-hydrogen) atoms. The fourth-order valence-electron chi connectivity index (χ4n) is 5.68. The third-order valence-corrected chi connectivity index (χ3v) is 7.57. The zero-order valence-electron chi connectivity index (χ0n) is 19.1. The van der Waals surface area contributed by atoms with Crippen molar-refractivity contribution in [3.63, 3.8) is 0 Å². The molecule has 3 aliphatic heterocycles. The van der Waals surface area contributed by atoms with E-state index in [2.05, 4.69) is 39.7 Å². The molecule has 0 bridgehead atoms. The number of halogens is 3. The summed E-state index contributed by atoms with van der Waals surface area (Å²) in [6.45, 7) is 7.96. The van der Waals surface area contributed by atoms with Crippen molar-refractivity contribution in [1.82, 2.24) is 9.80 Å². The number of likely N-dealkylation sites (tertiary alicyclic amines) is 2. The highest BCUT2D eigenvalue weighted by Crippen LogP contribution is 2.41. The summed E-state index contributed by atoms with van der Waals surface area (Å²) in [4.78, 5) is 18.7. The minimum absolute atomic E-state index is 0.0147. The Kier molecular flexibility index (Phi) is 6.61. The van der Waals surface area contributed by atoms with Gasteiger partial charge in [0.1, 0.15) is 0 Å². The molecular formula is C24H34F3N3O2. The Morgan fingerprint density at radius 1 is 1.12 bits per heavy atom. The van der Waals surface area contributed by atoms with E-state index in [1.807, 2.05) is 0 Å². The molecule has 2 saturated heterocycles. The lowest BCUT2D eigenvalue weighted by molar-refractivity contribution is -0.200. The van der Waals surface area contributed by atoms with Gasteiger partial charge in [0.25, 0.3) is 0 Å². The van der Waals surface area contributed by atoms with Gasteiger partial charge in [0.05, 0.1) is 0 Å². The number of benzene rings is 1. The lowest BCUT2D eigenvalue weighted by Gasteiger charge is -2.45. The van der Waals surface area contributed by atoms with Gasteiger partial charge in [0.15, 0.2) is 6.10 Å². The summed E-state index contributed by atoms with van der Waals surface area (Å²) in [6, 6.07) is 6.65. The van der Waals surface area contributed by atoms with Gasteiger partial charge in [0.2, 0.25) is 0 Å². The Morgan fingerprint density at radius 2 is 1.88 bits per heavy atom. The van der Waals surface area contributed by atoms with Crippen LogP contribution >= 0.6 is 0 Å². The maximum atomic E-state index is 12.7. The lowest BCUT2D eigenvalue weighted by atomic mass is 9.84. The highest BCUT2D eigenvalue weighted by atomic mass is 19.4. The number of amides is 1. The van der Waals surface area contributed by atoms with Crippen LogP contribution in [0.4, 0.5) is 23.7 Å². The van der Waals surface area contributed by atoms with E-state index in [0.29, 0.717) is 13.1 Å². The lowest BCUT2D eigenvalue weighted by Crippen LogP contribution is -2.53. The number of ether oxygens (including phenoxy) is 1. The number of para-hydroxylation sites is 1. The number of nitrogens with zero attached hydrogens (tertiary/aromatic N) is 3. The van der Waals surface area contributed by atoms with Crippen molar-refractivity contribution in [3.05, 3.63) is 29.3 Å². The highest BCUT2D eigenvalue weighted by Gasteiger charge is 2.45. The second-order valence-electron chi connectivity index (χ2n) is 9.41. The molecule has 1 aromatic carbocycles. The zero-order chi connectivity index (χ0) is 22.9. The predicted molar refractivity (Wildman–Crippen MR) is 118 cm³/mol. The molecule has 1 spiro atoms.